The highest BCUT2D eigenvalue weighted by atomic mass is 16.6. The van der Waals surface area contributed by atoms with Crippen molar-refractivity contribution in [2.75, 3.05) is 7.11 Å². The number of esters is 1. The van der Waals surface area contributed by atoms with Gasteiger partial charge in [0.15, 0.2) is 0 Å². The lowest BCUT2D eigenvalue weighted by atomic mass is 10.2. The normalized spacial score (nSPS) is 11.9. The molecule has 0 bridgehead atoms. The predicted octanol–water partition coefficient (Wildman–Crippen LogP) is 0.484. The maximum Gasteiger partial charge on any atom is 0.412 e. The maximum absolute atomic E-state index is 11.2. The van der Waals surface area contributed by atoms with E-state index in [2.05, 4.69) is 10.1 Å². The van der Waals surface area contributed by atoms with E-state index in [1.165, 1.54) is 7.11 Å². The topological polar surface area (TPSA) is 90.6 Å². The van der Waals surface area contributed by atoms with E-state index in [-0.39, 0.29) is 5.70 Å². The fourth-order valence-corrected chi connectivity index (χ4v) is 0.684. The van der Waals surface area contributed by atoms with Crippen molar-refractivity contribution >= 4 is 12.1 Å². The number of nitrogens with one attached hydrogen (secondary N) is 1. The number of carbonyl (C=O) groups is 2. The zero-order valence-electron chi connectivity index (χ0n) is 9.29. The number of rotatable bonds is 2. The summed E-state index contributed by atoms with van der Waals surface area (Å²) in [5, 5.41) is 2.17. The first-order valence-electron chi connectivity index (χ1n) is 4.30. The van der Waals surface area contributed by atoms with Crippen LogP contribution in [-0.2, 0) is 14.3 Å². The van der Waals surface area contributed by atoms with E-state index in [1.807, 2.05) is 0 Å². The molecule has 6 heteroatoms. The van der Waals surface area contributed by atoms with Gasteiger partial charge < -0.3 is 15.2 Å². The van der Waals surface area contributed by atoms with Crippen molar-refractivity contribution in [1.82, 2.24) is 5.32 Å². The molecule has 0 aliphatic heterocycles. The number of hydrogen-bond acceptors (Lipinski definition) is 5. The van der Waals surface area contributed by atoms with Crippen molar-refractivity contribution < 1.29 is 19.1 Å². The van der Waals surface area contributed by atoms with Crippen LogP contribution in [0.3, 0.4) is 0 Å². The molecule has 0 saturated carbocycles. The number of amides is 1. The van der Waals surface area contributed by atoms with Gasteiger partial charge >= 0.3 is 12.1 Å². The fraction of sp³-hybridized carbons (Fsp3) is 0.556. The Balaban J connectivity index is 4.34. The lowest BCUT2D eigenvalue weighted by molar-refractivity contribution is -0.136. The van der Waals surface area contributed by atoms with E-state index in [0.29, 0.717) is 0 Å². The van der Waals surface area contributed by atoms with Gasteiger partial charge in [-0.25, -0.2) is 9.59 Å². The summed E-state index contributed by atoms with van der Waals surface area (Å²) in [6.07, 6.45) is 0.181. The first-order valence-corrected chi connectivity index (χ1v) is 4.30. The van der Waals surface area contributed by atoms with Crippen molar-refractivity contribution in [2.45, 2.75) is 26.4 Å². The average molecular weight is 216 g/mol. The van der Waals surface area contributed by atoms with Crippen LogP contribution in [0.15, 0.2) is 11.9 Å². The number of ether oxygens (including phenoxy) is 2. The average Bonchev–Trinajstić information content (AvgIpc) is 2.10. The zero-order valence-corrected chi connectivity index (χ0v) is 9.29. The van der Waals surface area contributed by atoms with Gasteiger partial charge in [-0.2, -0.15) is 0 Å². The van der Waals surface area contributed by atoms with Crippen LogP contribution >= 0.6 is 0 Å². The Bertz CT molecular complexity index is 278. The Morgan fingerprint density at radius 3 is 2.20 bits per heavy atom. The van der Waals surface area contributed by atoms with E-state index >= 15 is 0 Å². The molecule has 0 fully saturated rings. The van der Waals surface area contributed by atoms with Gasteiger partial charge in [-0.1, -0.05) is 0 Å². The third-order valence-electron chi connectivity index (χ3n) is 1.21. The van der Waals surface area contributed by atoms with Gasteiger partial charge in [0.1, 0.15) is 11.3 Å². The monoisotopic (exact) mass is 216 g/mol. The van der Waals surface area contributed by atoms with Crippen molar-refractivity contribution in [2.24, 2.45) is 5.73 Å². The highest BCUT2D eigenvalue weighted by molar-refractivity contribution is 5.92. The van der Waals surface area contributed by atoms with Crippen LogP contribution < -0.4 is 11.1 Å². The minimum atomic E-state index is -0.760. The number of alkyl carbamates (subject to hydrolysis) is 1. The van der Waals surface area contributed by atoms with Crippen molar-refractivity contribution in [3.63, 3.8) is 0 Å². The van der Waals surface area contributed by atoms with E-state index in [0.717, 1.165) is 6.20 Å². The van der Waals surface area contributed by atoms with Gasteiger partial charge in [-0.15, -0.1) is 0 Å². The number of methoxy groups -OCH3 is 1. The van der Waals surface area contributed by atoms with Crippen LogP contribution in [0, 0.1) is 0 Å². The summed E-state index contributed by atoms with van der Waals surface area (Å²) < 4.78 is 9.29. The molecule has 0 spiro atoms. The third kappa shape index (κ3) is 5.56. The Hall–Kier alpha value is -1.72. The van der Waals surface area contributed by atoms with Crippen LogP contribution in [0.2, 0.25) is 0 Å². The molecular formula is C9H16N2O4. The van der Waals surface area contributed by atoms with Crippen LogP contribution in [0.5, 0.6) is 0 Å². The molecule has 0 aromatic heterocycles. The van der Waals surface area contributed by atoms with Crippen molar-refractivity contribution in [3.8, 4) is 0 Å². The highest BCUT2D eigenvalue weighted by Crippen LogP contribution is 2.07. The Morgan fingerprint density at radius 2 is 1.87 bits per heavy atom. The summed E-state index contributed by atoms with van der Waals surface area (Å²) in [7, 11) is 1.18. The smallest absolute Gasteiger partial charge is 0.412 e. The molecule has 0 aliphatic carbocycles. The van der Waals surface area contributed by atoms with E-state index in [9.17, 15) is 9.59 Å². The summed E-state index contributed by atoms with van der Waals surface area (Å²) >= 11 is 0. The predicted molar refractivity (Wildman–Crippen MR) is 53.7 cm³/mol. The molecular weight excluding hydrogens is 200 g/mol. The molecule has 0 rings (SSSR count). The molecule has 0 unspecified atom stereocenters. The highest BCUT2D eigenvalue weighted by Gasteiger charge is 2.19. The quantitative estimate of drug-likeness (QED) is 0.517. The Labute approximate surface area is 88.4 Å². The number of carbonyl (C=O) groups excluding carboxylic acids is 2. The van der Waals surface area contributed by atoms with Gasteiger partial charge in [-0.3, -0.25) is 5.32 Å². The molecule has 86 valence electrons. The van der Waals surface area contributed by atoms with E-state index < -0.39 is 17.7 Å². The lowest BCUT2D eigenvalue weighted by Gasteiger charge is -2.19. The molecule has 0 aromatic rings. The first-order chi connectivity index (χ1) is 6.80. The summed E-state index contributed by atoms with van der Waals surface area (Å²) in [4.78, 5) is 22.2. The zero-order chi connectivity index (χ0) is 12.1. The molecule has 0 radical (unpaired) electrons. The molecule has 0 heterocycles. The Kier molecular flexibility index (Phi) is 4.63. The van der Waals surface area contributed by atoms with E-state index in [4.69, 9.17) is 10.5 Å². The van der Waals surface area contributed by atoms with Gasteiger partial charge in [0.2, 0.25) is 0 Å². The van der Waals surface area contributed by atoms with Gasteiger partial charge in [0.05, 0.1) is 7.11 Å². The standard InChI is InChI=1S/C9H16N2O4/c1-9(2,3)15-8(13)11-6(5-10)7(12)14-4/h5H,10H2,1-4H3,(H,11,13)/b6-5-. The summed E-state index contributed by atoms with van der Waals surface area (Å²) in [5.74, 6) is -0.733. The molecule has 3 N–H and O–H groups in total. The second-order valence-corrected chi connectivity index (χ2v) is 3.70. The molecule has 0 atom stereocenters. The summed E-state index contributed by atoms with van der Waals surface area (Å²) in [5.41, 5.74) is 4.33. The molecule has 0 saturated heterocycles. The van der Waals surface area contributed by atoms with Crippen LogP contribution in [0.25, 0.3) is 0 Å². The summed E-state index contributed by atoms with van der Waals surface area (Å²) in [6, 6.07) is 0. The lowest BCUT2D eigenvalue weighted by Crippen LogP contribution is -2.34. The minimum Gasteiger partial charge on any atom is -0.464 e. The largest absolute Gasteiger partial charge is 0.464 e. The first kappa shape index (κ1) is 13.3. The fourth-order valence-electron chi connectivity index (χ4n) is 0.684. The van der Waals surface area contributed by atoms with Crippen LogP contribution in [-0.4, -0.2) is 24.8 Å². The molecule has 6 nitrogen and oxygen atoms in total. The molecule has 15 heavy (non-hydrogen) atoms. The third-order valence-corrected chi connectivity index (χ3v) is 1.21. The van der Waals surface area contributed by atoms with Crippen molar-refractivity contribution in [1.29, 1.82) is 0 Å². The van der Waals surface area contributed by atoms with Crippen LogP contribution in [0.4, 0.5) is 4.79 Å². The van der Waals surface area contributed by atoms with E-state index in [1.54, 1.807) is 20.8 Å². The minimum absolute atomic E-state index is 0.160. The van der Waals surface area contributed by atoms with Crippen molar-refractivity contribution in [3.05, 3.63) is 11.9 Å². The SMILES string of the molecule is COC(=O)/C(=C/N)NC(=O)OC(C)(C)C. The molecule has 0 aliphatic rings. The second kappa shape index (κ2) is 5.23. The Morgan fingerprint density at radius 1 is 1.33 bits per heavy atom. The van der Waals surface area contributed by atoms with Gasteiger partial charge in [-0.05, 0) is 20.8 Å². The molecule has 0 aromatic carbocycles. The maximum atomic E-state index is 11.2. The number of hydrogen-bond donors (Lipinski definition) is 2. The van der Waals surface area contributed by atoms with Gasteiger partial charge in [0.25, 0.3) is 0 Å². The van der Waals surface area contributed by atoms with Crippen LogP contribution in [0.1, 0.15) is 20.8 Å². The second-order valence-electron chi connectivity index (χ2n) is 3.70. The van der Waals surface area contributed by atoms with Gasteiger partial charge in [0, 0.05) is 6.20 Å². The number of nitrogens with two attached hydrogens (primary N) is 1. The molecule has 1 amide bonds. The summed E-state index contributed by atoms with van der Waals surface area (Å²) in [6.45, 7) is 5.11.